The number of amides is 2. The molecule has 0 aliphatic rings. The van der Waals surface area contributed by atoms with Crippen molar-refractivity contribution >= 4 is 17.5 Å². The van der Waals surface area contributed by atoms with Crippen LogP contribution in [0.5, 0.6) is 0 Å². The van der Waals surface area contributed by atoms with E-state index < -0.39 is 0 Å². The lowest BCUT2D eigenvalue weighted by Crippen LogP contribution is -2.20. The Morgan fingerprint density at radius 1 is 1.08 bits per heavy atom. The molecule has 0 unspecified atom stereocenters. The molecule has 0 saturated carbocycles. The summed E-state index contributed by atoms with van der Waals surface area (Å²) in [6.07, 6.45) is 1.73. The van der Waals surface area contributed by atoms with Gasteiger partial charge in [-0.05, 0) is 40.3 Å². The van der Waals surface area contributed by atoms with Crippen molar-refractivity contribution in [3.05, 3.63) is 66.0 Å². The number of aromatic nitrogens is 4. The van der Waals surface area contributed by atoms with Gasteiger partial charge in [0.05, 0.1) is 17.7 Å². The minimum absolute atomic E-state index is 0.0628. The van der Waals surface area contributed by atoms with Gasteiger partial charge in [-0.1, -0.05) is 24.3 Å². The third kappa shape index (κ3) is 3.86. The molecule has 8 nitrogen and oxygen atoms in total. The van der Waals surface area contributed by atoms with E-state index in [4.69, 9.17) is 0 Å². The zero-order valence-electron chi connectivity index (χ0n) is 13.5. The van der Waals surface area contributed by atoms with E-state index in [2.05, 4.69) is 26.2 Å². The minimum Gasteiger partial charge on any atom is -0.359 e. The average molecular weight is 336 g/mol. The van der Waals surface area contributed by atoms with Crippen molar-refractivity contribution in [3.63, 3.8) is 0 Å². The summed E-state index contributed by atoms with van der Waals surface area (Å²) in [6, 6.07) is 14.2. The first-order valence-corrected chi connectivity index (χ1v) is 7.60. The summed E-state index contributed by atoms with van der Waals surface area (Å²) in [5, 5.41) is 16.4. The lowest BCUT2D eigenvalue weighted by atomic mass is 10.1. The highest BCUT2D eigenvalue weighted by molar-refractivity contribution is 6.06. The molecule has 126 valence electrons. The van der Waals surface area contributed by atoms with Gasteiger partial charge in [0.25, 0.3) is 5.91 Å². The quantitative estimate of drug-likeness (QED) is 0.729. The van der Waals surface area contributed by atoms with Gasteiger partial charge >= 0.3 is 0 Å². The molecular formula is C17H16N6O2. The lowest BCUT2D eigenvalue weighted by molar-refractivity contribution is -0.119. The number of anilines is 1. The van der Waals surface area contributed by atoms with E-state index in [1.165, 1.54) is 11.0 Å². The number of hydrogen-bond acceptors (Lipinski definition) is 5. The summed E-state index contributed by atoms with van der Waals surface area (Å²) in [4.78, 5) is 24.0. The number of benzene rings is 2. The average Bonchev–Trinajstić information content (AvgIpc) is 3.18. The zero-order chi connectivity index (χ0) is 17.6. The van der Waals surface area contributed by atoms with E-state index in [-0.39, 0.29) is 11.8 Å². The fourth-order valence-electron chi connectivity index (χ4n) is 2.32. The third-order valence-electron chi connectivity index (χ3n) is 3.60. The number of tetrazole rings is 1. The molecular weight excluding hydrogens is 320 g/mol. The van der Waals surface area contributed by atoms with Gasteiger partial charge < -0.3 is 10.6 Å². The molecule has 3 rings (SSSR count). The molecule has 0 atom stereocenters. The number of para-hydroxylation sites is 1. The van der Waals surface area contributed by atoms with Crippen molar-refractivity contribution in [2.75, 3.05) is 12.4 Å². The number of nitrogens with zero attached hydrogens (tertiary/aromatic N) is 4. The Hall–Kier alpha value is -3.55. The second-order valence-corrected chi connectivity index (χ2v) is 5.27. The van der Waals surface area contributed by atoms with Gasteiger partial charge in [0, 0.05) is 12.7 Å². The van der Waals surface area contributed by atoms with Crippen molar-refractivity contribution in [1.29, 1.82) is 0 Å². The highest BCUT2D eigenvalue weighted by Crippen LogP contribution is 2.16. The highest BCUT2D eigenvalue weighted by atomic mass is 16.2. The molecule has 1 heterocycles. The fourth-order valence-corrected chi connectivity index (χ4v) is 2.32. The summed E-state index contributed by atoms with van der Waals surface area (Å²) in [5.41, 5.74) is 2.54. The van der Waals surface area contributed by atoms with Crippen molar-refractivity contribution in [3.8, 4) is 5.69 Å². The van der Waals surface area contributed by atoms with Crippen LogP contribution in [0.3, 0.4) is 0 Å². The van der Waals surface area contributed by atoms with Crippen LogP contribution in [-0.2, 0) is 11.2 Å². The maximum Gasteiger partial charge on any atom is 0.257 e. The second-order valence-electron chi connectivity index (χ2n) is 5.27. The number of rotatable bonds is 5. The first-order valence-electron chi connectivity index (χ1n) is 7.60. The minimum atomic E-state index is -0.273. The summed E-state index contributed by atoms with van der Waals surface area (Å²) < 4.78 is 1.43. The molecule has 2 N–H and O–H groups in total. The molecule has 0 aliphatic heterocycles. The molecule has 2 amide bonds. The van der Waals surface area contributed by atoms with Crippen molar-refractivity contribution < 1.29 is 9.59 Å². The third-order valence-corrected chi connectivity index (χ3v) is 3.60. The Bertz CT molecular complexity index is 874. The molecule has 0 aliphatic carbocycles. The molecule has 25 heavy (non-hydrogen) atoms. The standard InChI is InChI=1S/C17H16N6O2/c1-18-16(24)10-12-6-8-13(9-7-12)20-17(25)14-4-2-3-5-15(14)23-11-19-21-22-23/h2-9,11H,10H2,1H3,(H,18,24)(H,20,25). The van der Waals surface area contributed by atoms with E-state index in [9.17, 15) is 9.59 Å². The van der Waals surface area contributed by atoms with Crippen molar-refractivity contribution in [2.24, 2.45) is 0 Å². The predicted octanol–water partition coefficient (Wildman–Crippen LogP) is 1.20. The summed E-state index contributed by atoms with van der Waals surface area (Å²) in [7, 11) is 1.60. The monoisotopic (exact) mass is 336 g/mol. The van der Waals surface area contributed by atoms with Crippen LogP contribution in [0.4, 0.5) is 5.69 Å². The van der Waals surface area contributed by atoms with Gasteiger partial charge in [0.15, 0.2) is 0 Å². The second kappa shape index (κ2) is 7.35. The SMILES string of the molecule is CNC(=O)Cc1ccc(NC(=O)c2ccccc2-n2cnnn2)cc1. The fraction of sp³-hybridized carbons (Fsp3) is 0.118. The van der Waals surface area contributed by atoms with E-state index in [1.807, 2.05) is 0 Å². The van der Waals surface area contributed by atoms with Crippen LogP contribution in [0.2, 0.25) is 0 Å². The number of carbonyl (C=O) groups excluding carboxylic acids is 2. The molecule has 1 aromatic heterocycles. The Morgan fingerprint density at radius 3 is 2.52 bits per heavy atom. The Labute approximate surface area is 143 Å². The van der Waals surface area contributed by atoms with Gasteiger partial charge in [-0.3, -0.25) is 9.59 Å². The van der Waals surface area contributed by atoms with Gasteiger partial charge in [-0.2, -0.15) is 4.68 Å². The molecule has 8 heteroatoms. The largest absolute Gasteiger partial charge is 0.359 e. The molecule has 0 saturated heterocycles. The molecule has 0 radical (unpaired) electrons. The van der Waals surface area contributed by atoms with Gasteiger partial charge in [-0.15, -0.1) is 5.10 Å². The first kappa shape index (κ1) is 16.3. The molecule has 0 fully saturated rings. The predicted molar refractivity (Wildman–Crippen MR) is 91.3 cm³/mol. The van der Waals surface area contributed by atoms with Crippen LogP contribution >= 0.6 is 0 Å². The molecule has 3 aromatic rings. The van der Waals surface area contributed by atoms with E-state index in [1.54, 1.807) is 55.6 Å². The normalized spacial score (nSPS) is 10.3. The van der Waals surface area contributed by atoms with Crippen LogP contribution < -0.4 is 10.6 Å². The van der Waals surface area contributed by atoms with E-state index >= 15 is 0 Å². The number of nitrogens with one attached hydrogen (secondary N) is 2. The topological polar surface area (TPSA) is 102 Å². The van der Waals surface area contributed by atoms with E-state index in [0.717, 1.165) is 5.56 Å². The van der Waals surface area contributed by atoms with Crippen LogP contribution in [0.1, 0.15) is 15.9 Å². The Kier molecular flexibility index (Phi) is 4.79. The molecule has 2 aromatic carbocycles. The van der Waals surface area contributed by atoms with Crippen LogP contribution in [0, 0.1) is 0 Å². The number of likely N-dealkylation sites (N-methyl/N-ethyl adjacent to an activating group) is 1. The van der Waals surface area contributed by atoms with Gasteiger partial charge in [0.1, 0.15) is 6.33 Å². The maximum atomic E-state index is 12.6. The van der Waals surface area contributed by atoms with Crippen LogP contribution in [-0.4, -0.2) is 39.1 Å². The summed E-state index contributed by atoms with van der Waals surface area (Å²) >= 11 is 0. The summed E-state index contributed by atoms with van der Waals surface area (Å²) in [6.45, 7) is 0. The Balaban J connectivity index is 1.76. The zero-order valence-corrected chi connectivity index (χ0v) is 13.5. The lowest BCUT2D eigenvalue weighted by Gasteiger charge is -2.10. The van der Waals surface area contributed by atoms with Crippen molar-refractivity contribution in [2.45, 2.75) is 6.42 Å². The Morgan fingerprint density at radius 2 is 1.84 bits per heavy atom. The van der Waals surface area contributed by atoms with E-state index in [0.29, 0.717) is 23.4 Å². The summed E-state index contributed by atoms with van der Waals surface area (Å²) in [5.74, 6) is -0.336. The highest BCUT2D eigenvalue weighted by Gasteiger charge is 2.13. The van der Waals surface area contributed by atoms with Gasteiger partial charge in [0.2, 0.25) is 5.91 Å². The smallest absolute Gasteiger partial charge is 0.257 e. The molecule has 0 spiro atoms. The first-order chi connectivity index (χ1) is 12.2. The van der Waals surface area contributed by atoms with Gasteiger partial charge in [-0.25, -0.2) is 0 Å². The molecule has 0 bridgehead atoms. The number of hydrogen-bond donors (Lipinski definition) is 2. The maximum absolute atomic E-state index is 12.6. The van der Waals surface area contributed by atoms with Crippen molar-refractivity contribution in [1.82, 2.24) is 25.5 Å². The number of carbonyl (C=O) groups is 2. The van der Waals surface area contributed by atoms with Crippen LogP contribution in [0.15, 0.2) is 54.9 Å². The van der Waals surface area contributed by atoms with Crippen LogP contribution in [0.25, 0.3) is 5.69 Å².